The first-order valence-corrected chi connectivity index (χ1v) is 20.5. The Hall–Kier alpha value is 1.48. The van der Waals surface area contributed by atoms with Gasteiger partial charge in [-0.25, -0.2) is 0 Å². The smallest absolute Gasteiger partial charge is 0.282 e. The van der Waals surface area contributed by atoms with Gasteiger partial charge in [0.2, 0.25) is 0 Å². The zero-order valence-corrected chi connectivity index (χ0v) is 27.6. The van der Waals surface area contributed by atoms with Crippen LogP contribution < -0.4 is 0 Å². The minimum atomic E-state index is -0.0116. The van der Waals surface area contributed by atoms with E-state index in [1.54, 1.807) is 5.06 Å². The first-order chi connectivity index (χ1) is 16.0. The predicted octanol–water partition coefficient (Wildman–Crippen LogP) is 9.67. The lowest BCUT2D eigenvalue weighted by molar-refractivity contribution is 0.318. The molecular weight excluding hydrogens is 485 g/mol. The Balaban J connectivity index is 1.53. The summed E-state index contributed by atoms with van der Waals surface area (Å²) in [5.74, 6) is 1.93. The van der Waals surface area contributed by atoms with Crippen LogP contribution >= 0.6 is 31.4 Å². The minimum absolute atomic E-state index is 0.0116. The molecule has 0 aliphatic carbocycles. The van der Waals surface area contributed by atoms with E-state index in [-0.39, 0.29) is 31.4 Å². The Morgan fingerprint density at radius 2 is 1.09 bits per heavy atom. The third-order valence-electron chi connectivity index (χ3n) is 10.5. The molecule has 1 nitrogen and oxygen atoms in total. The van der Waals surface area contributed by atoms with Crippen LogP contribution in [0.1, 0.15) is 93.9 Å². The summed E-state index contributed by atoms with van der Waals surface area (Å²) in [4.78, 5) is 2.71. The van der Waals surface area contributed by atoms with Crippen molar-refractivity contribution in [3.8, 4) is 0 Å². The second-order valence-corrected chi connectivity index (χ2v) is 26.1. The van der Waals surface area contributed by atoms with Gasteiger partial charge in [0.1, 0.15) is 0 Å². The van der Waals surface area contributed by atoms with Crippen LogP contribution in [0, 0.1) is 11.8 Å². The van der Waals surface area contributed by atoms with Gasteiger partial charge < -0.3 is 4.81 Å². The third kappa shape index (κ3) is 5.07. The monoisotopic (exact) mass is 539 g/mol. The first kappa shape index (κ1) is 28.5. The molecular formula is C28H54BNP4. The molecule has 0 aromatic rings. The van der Waals surface area contributed by atoms with Crippen LogP contribution in [0.3, 0.4) is 0 Å². The van der Waals surface area contributed by atoms with Crippen molar-refractivity contribution in [3.63, 3.8) is 0 Å². The fourth-order valence-electron chi connectivity index (χ4n) is 8.83. The molecule has 0 aromatic heterocycles. The zero-order chi connectivity index (χ0) is 25.1. The number of hydrogen-bond donors (Lipinski definition) is 0. The van der Waals surface area contributed by atoms with Crippen LogP contribution in [-0.4, -0.2) is 70.5 Å². The summed E-state index contributed by atoms with van der Waals surface area (Å²) in [7, 11) is 5.08. The van der Waals surface area contributed by atoms with Gasteiger partial charge in [0, 0.05) is 0 Å². The Bertz CT molecular complexity index is 713. The normalized spacial score (nSPS) is 48.3. The number of rotatable bonds is 6. The van der Waals surface area contributed by atoms with Gasteiger partial charge in [-0.1, -0.05) is 77.8 Å². The van der Waals surface area contributed by atoms with Gasteiger partial charge >= 0.3 is 0 Å². The van der Waals surface area contributed by atoms with Gasteiger partial charge in [0.25, 0.3) is 6.29 Å². The molecule has 0 spiro atoms. The third-order valence-corrected chi connectivity index (χ3v) is 26.6. The summed E-state index contributed by atoms with van der Waals surface area (Å²) in [6.07, 6.45) is 9.77. The van der Waals surface area contributed by atoms with Crippen LogP contribution in [-0.2, 0) is 0 Å². The lowest BCUT2D eigenvalue weighted by Crippen LogP contribution is -2.37. The van der Waals surface area contributed by atoms with Crippen LogP contribution in [0.4, 0.5) is 0 Å². The average Bonchev–Trinajstić information content (AvgIpc) is 3.44. The summed E-state index contributed by atoms with van der Waals surface area (Å²) < 4.78 is 0. The molecule has 4 rings (SSSR count). The maximum absolute atomic E-state index is 4.91. The van der Waals surface area contributed by atoms with Crippen molar-refractivity contribution in [2.75, 3.05) is 14.1 Å². The highest BCUT2D eigenvalue weighted by molar-refractivity contribution is 8.20. The predicted molar refractivity (Wildman–Crippen MR) is 167 cm³/mol. The van der Waals surface area contributed by atoms with Crippen molar-refractivity contribution in [3.05, 3.63) is 11.6 Å². The molecule has 0 amide bonds. The molecule has 4 unspecified atom stereocenters. The van der Waals surface area contributed by atoms with Crippen LogP contribution in [0.15, 0.2) is 11.6 Å². The van der Waals surface area contributed by atoms with E-state index < -0.39 is 0 Å². The van der Waals surface area contributed by atoms with Crippen molar-refractivity contribution >= 4 is 37.7 Å². The van der Waals surface area contributed by atoms with Gasteiger partial charge in [0.05, 0.1) is 0 Å². The minimum Gasteiger partial charge on any atom is -0.340 e. The molecule has 4 heterocycles. The lowest BCUT2D eigenvalue weighted by Gasteiger charge is -2.41. The van der Waals surface area contributed by atoms with Crippen molar-refractivity contribution in [1.82, 2.24) is 4.81 Å². The molecule has 4 saturated heterocycles. The molecule has 12 atom stereocenters. The van der Waals surface area contributed by atoms with E-state index >= 15 is 0 Å². The van der Waals surface area contributed by atoms with E-state index in [1.165, 1.54) is 38.5 Å². The van der Waals surface area contributed by atoms with Crippen LogP contribution in [0.25, 0.3) is 0 Å². The lowest BCUT2D eigenvalue weighted by atomic mass is 9.82. The summed E-state index contributed by atoms with van der Waals surface area (Å²) in [5, 5.41) is 1.79. The fraction of sp³-hybridized carbons (Fsp3) is 0.929. The summed E-state index contributed by atoms with van der Waals surface area (Å²) in [6.45, 7) is 25.9. The van der Waals surface area contributed by atoms with Gasteiger partial charge in [-0.15, -0.1) is 15.6 Å². The molecule has 0 saturated carbocycles. The summed E-state index contributed by atoms with van der Waals surface area (Å²) in [6, 6.07) is 0. The molecule has 34 heavy (non-hydrogen) atoms. The van der Waals surface area contributed by atoms with Crippen LogP contribution in [0.5, 0.6) is 0 Å². The topological polar surface area (TPSA) is 3.24 Å². The fourth-order valence-corrected chi connectivity index (χ4v) is 28.6. The van der Waals surface area contributed by atoms with Gasteiger partial charge in [-0.2, -0.15) is 0 Å². The maximum atomic E-state index is 4.91. The highest BCUT2D eigenvalue weighted by Crippen LogP contribution is 2.78. The van der Waals surface area contributed by atoms with Gasteiger partial charge in [0.15, 0.2) is 0 Å². The Kier molecular flexibility index (Phi) is 9.47. The van der Waals surface area contributed by atoms with Crippen molar-refractivity contribution in [2.24, 2.45) is 11.8 Å². The van der Waals surface area contributed by atoms with Gasteiger partial charge in [-0.05, 0) is 115 Å². The second kappa shape index (κ2) is 11.3. The Labute approximate surface area is 218 Å². The Morgan fingerprint density at radius 1 is 0.618 bits per heavy atom. The van der Waals surface area contributed by atoms with E-state index in [9.17, 15) is 0 Å². The summed E-state index contributed by atoms with van der Waals surface area (Å²) in [5.41, 5.74) is 7.49. The van der Waals surface area contributed by atoms with Crippen molar-refractivity contribution in [2.45, 2.75) is 139 Å². The molecule has 6 heteroatoms. The highest BCUT2D eigenvalue weighted by atomic mass is 31.2. The van der Waals surface area contributed by atoms with E-state index in [4.69, 9.17) is 6.58 Å². The molecule has 4 aliphatic heterocycles. The average molecular weight is 539 g/mol. The van der Waals surface area contributed by atoms with E-state index in [0.29, 0.717) is 0 Å². The zero-order valence-electron chi connectivity index (χ0n) is 24.0. The van der Waals surface area contributed by atoms with E-state index in [1.807, 2.05) is 0 Å². The molecule has 0 N–H and O–H groups in total. The SMILES string of the molecule is C=C(P1[C@H](C)CC[C@H]1C)P1[C@H](C)CC(C2C[C@@H](C)P(B(N(C)C)P3[C@H](C)CC[C@H]3C)[C@@H]2C)[C@H]1C. The second-order valence-electron chi connectivity index (χ2n) is 13.0. The number of nitrogens with zero attached hydrogens (tertiary/aromatic N) is 1. The molecule has 0 radical (unpaired) electrons. The molecule has 0 bridgehead atoms. The standard InChI is InChI=1S/C28H54BNP4/c1-18-12-13-19(2)31(18)26(9)32-22(5)16-27(24(32)7)28-17-23(6)34(25(28)8)29(30(10)11)33-20(3)14-15-21(33)4/h18-25,27-28H,9,12-17H2,1-8,10-11H3/t18-,19-,20-,21-,22-,23-,24-,25-,27?,28?,32?,34?/m1/s1. The highest BCUT2D eigenvalue weighted by Gasteiger charge is 2.55. The van der Waals surface area contributed by atoms with E-state index in [0.717, 1.165) is 63.4 Å². The maximum Gasteiger partial charge on any atom is 0.282 e. The molecule has 194 valence electrons. The first-order valence-electron chi connectivity index (χ1n) is 14.4. The van der Waals surface area contributed by atoms with Crippen LogP contribution in [0.2, 0.25) is 0 Å². The quantitative estimate of drug-likeness (QED) is 0.240. The molecule has 0 aromatic carbocycles. The molecule has 4 fully saturated rings. The van der Waals surface area contributed by atoms with Crippen molar-refractivity contribution < 1.29 is 0 Å². The van der Waals surface area contributed by atoms with E-state index in [2.05, 4.69) is 74.3 Å². The van der Waals surface area contributed by atoms with Gasteiger partial charge in [-0.3, -0.25) is 0 Å². The number of hydrogen-bond acceptors (Lipinski definition) is 1. The molecule has 4 aliphatic rings. The largest absolute Gasteiger partial charge is 0.340 e. The Morgan fingerprint density at radius 3 is 1.62 bits per heavy atom. The summed E-state index contributed by atoms with van der Waals surface area (Å²) >= 11 is 0. The van der Waals surface area contributed by atoms with Crippen molar-refractivity contribution in [1.29, 1.82) is 0 Å².